The predicted molar refractivity (Wildman–Crippen MR) is 154 cm³/mol. The van der Waals surface area contributed by atoms with Gasteiger partial charge in [-0.05, 0) is 43.9 Å². The third-order valence-electron chi connectivity index (χ3n) is 13.1. The molecule has 1 heterocycles. The Balaban J connectivity index is 1.49. The number of esters is 1. The molecule has 1 spiro atoms. The smallest absolute Gasteiger partial charge is 0.338 e. The van der Waals surface area contributed by atoms with Crippen molar-refractivity contribution in [1.29, 1.82) is 0 Å². The summed E-state index contributed by atoms with van der Waals surface area (Å²) in [6.07, 6.45) is -1.58. The Hall–Kier alpha value is -1.63. The normalized spacial score (nSPS) is 51.0. The molecule has 6 fully saturated rings. The zero-order valence-corrected chi connectivity index (χ0v) is 26.1. The van der Waals surface area contributed by atoms with Crippen LogP contribution in [0.1, 0.15) is 36.5 Å². The third kappa shape index (κ3) is 3.34. The summed E-state index contributed by atoms with van der Waals surface area (Å²) in [4.78, 5) is 16.2. The summed E-state index contributed by atoms with van der Waals surface area (Å²) in [7, 11) is 8.45. The van der Waals surface area contributed by atoms with E-state index in [1.165, 1.54) is 7.11 Å². The lowest BCUT2D eigenvalue weighted by molar-refractivity contribution is -0.321. The fourth-order valence-corrected chi connectivity index (χ4v) is 12.3. The van der Waals surface area contributed by atoms with Crippen LogP contribution < -0.4 is 0 Å². The molecule has 0 aromatic heterocycles. The van der Waals surface area contributed by atoms with Crippen LogP contribution in [0.15, 0.2) is 30.3 Å². The van der Waals surface area contributed by atoms with E-state index >= 15 is 0 Å². The fraction of sp³-hybridized carbons (Fsp3) is 0.788. The average molecular weight is 602 g/mol. The second-order valence-corrected chi connectivity index (χ2v) is 13.9. The quantitative estimate of drug-likeness (QED) is 0.406. The summed E-state index contributed by atoms with van der Waals surface area (Å²) in [5.74, 6) is -1.55. The van der Waals surface area contributed by atoms with Crippen molar-refractivity contribution in [2.45, 2.75) is 73.9 Å². The topological polar surface area (TPSA) is 116 Å². The number of rotatable bonds is 9. The Bertz CT molecular complexity index is 1230. The maximum Gasteiger partial charge on any atom is 0.338 e. The van der Waals surface area contributed by atoms with Crippen LogP contribution in [0.5, 0.6) is 0 Å². The van der Waals surface area contributed by atoms with Gasteiger partial charge in [0.15, 0.2) is 0 Å². The van der Waals surface area contributed by atoms with E-state index in [2.05, 4.69) is 11.8 Å². The number of aliphatic hydroxyl groups is 2. The lowest BCUT2D eigenvalue weighted by Gasteiger charge is -2.69. The van der Waals surface area contributed by atoms with E-state index in [-0.39, 0.29) is 47.8 Å². The second kappa shape index (κ2) is 10.2. The molecule has 6 aliphatic rings. The molecule has 1 aliphatic heterocycles. The van der Waals surface area contributed by atoms with Gasteiger partial charge in [-0.1, -0.05) is 25.1 Å². The molecule has 0 radical (unpaired) electrons. The van der Waals surface area contributed by atoms with Gasteiger partial charge >= 0.3 is 5.97 Å². The van der Waals surface area contributed by atoms with Crippen LogP contribution in [0.2, 0.25) is 0 Å². The van der Waals surface area contributed by atoms with E-state index in [1.54, 1.807) is 52.7 Å². The number of carbonyl (C=O) groups excluding carboxylic acids is 1. The van der Waals surface area contributed by atoms with Gasteiger partial charge in [-0.25, -0.2) is 4.79 Å². The number of aliphatic hydroxyl groups excluding tert-OH is 1. The lowest BCUT2D eigenvalue weighted by atomic mass is 9.43. The molecule has 5 saturated carbocycles. The highest BCUT2D eigenvalue weighted by atomic mass is 16.6. The third-order valence-corrected chi connectivity index (χ3v) is 13.1. The van der Waals surface area contributed by atoms with Crippen molar-refractivity contribution >= 4 is 5.97 Å². The molecule has 10 nitrogen and oxygen atoms in total. The summed E-state index contributed by atoms with van der Waals surface area (Å²) in [6, 6.07) is 8.79. The van der Waals surface area contributed by atoms with E-state index in [1.807, 2.05) is 6.07 Å². The van der Waals surface area contributed by atoms with Crippen molar-refractivity contribution in [3.8, 4) is 0 Å². The number of carbonyl (C=O) groups is 1. The van der Waals surface area contributed by atoms with Gasteiger partial charge in [-0.15, -0.1) is 0 Å². The average Bonchev–Trinajstić information content (AvgIpc) is 3.39. The Morgan fingerprint density at radius 2 is 1.77 bits per heavy atom. The first kappa shape index (κ1) is 30.0. The van der Waals surface area contributed by atoms with Gasteiger partial charge in [0.25, 0.3) is 0 Å². The molecule has 43 heavy (non-hydrogen) atoms. The largest absolute Gasteiger partial charge is 0.455 e. The molecular formula is C33H47NO9. The lowest BCUT2D eigenvalue weighted by Crippen LogP contribution is -2.80. The van der Waals surface area contributed by atoms with Gasteiger partial charge < -0.3 is 38.6 Å². The molecular weight excluding hydrogens is 554 g/mol. The van der Waals surface area contributed by atoms with Crippen LogP contribution in [0.25, 0.3) is 0 Å². The van der Waals surface area contributed by atoms with Crippen molar-refractivity contribution in [1.82, 2.24) is 4.90 Å². The van der Waals surface area contributed by atoms with Crippen LogP contribution in [-0.4, -0.2) is 124 Å². The number of nitrogens with zero attached hydrogens (tertiary/aromatic N) is 1. The standard InChI is InChI=1S/C33H47NO9/c1-7-34-16-30(17-38-2)14-13-20(39-3)32-19-15-31(37)27(43-29(36)18-11-9-8-10-12-18)21(19)33(42-6,26(35)28(31)41-5)22(25(32)34)23(40-4)24(30)32/h8-12,19-28,35,37H,7,13-17H2,1-6H3/t19-,20-,21+,22?,23-,24+,25?,26-,27+,28-,30-,31-,32?,33+/m0/s1. The van der Waals surface area contributed by atoms with Gasteiger partial charge in [0.2, 0.25) is 0 Å². The Kier molecular flexibility index (Phi) is 7.12. The molecule has 2 N–H and O–H groups in total. The monoisotopic (exact) mass is 601 g/mol. The summed E-state index contributed by atoms with van der Waals surface area (Å²) < 4.78 is 38.0. The van der Waals surface area contributed by atoms with Crippen LogP contribution >= 0.6 is 0 Å². The second-order valence-electron chi connectivity index (χ2n) is 13.9. The number of fused-ring (bicyclic) bond motifs is 2. The number of likely N-dealkylation sites (tertiary alicyclic amines) is 1. The molecule has 0 amide bonds. The maximum absolute atomic E-state index is 13.7. The molecule has 1 aromatic carbocycles. The summed E-state index contributed by atoms with van der Waals surface area (Å²) >= 11 is 0. The van der Waals surface area contributed by atoms with E-state index in [9.17, 15) is 15.0 Å². The minimum Gasteiger partial charge on any atom is -0.455 e. The number of benzene rings is 1. The van der Waals surface area contributed by atoms with Gasteiger partial charge in [0.1, 0.15) is 29.5 Å². The number of ether oxygens (including phenoxy) is 6. The van der Waals surface area contributed by atoms with E-state index < -0.39 is 46.8 Å². The molecule has 5 aliphatic carbocycles. The van der Waals surface area contributed by atoms with Crippen molar-refractivity contribution in [3.05, 3.63) is 35.9 Å². The van der Waals surface area contributed by atoms with Crippen molar-refractivity contribution in [2.75, 3.05) is 55.2 Å². The number of hydrogen-bond acceptors (Lipinski definition) is 10. The molecule has 7 rings (SSSR count). The summed E-state index contributed by atoms with van der Waals surface area (Å²) in [5.41, 5.74) is -3.15. The van der Waals surface area contributed by atoms with Gasteiger partial charge in [-0.2, -0.15) is 0 Å². The minimum absolute atomic E-state index is 0.0186. The Morgan fingerprint density at radius 3 is 2.37 bits per heavy atom. The first-order valence-electron chi connectivity index (χ1n) is 15.7. The van der Waals surface area contributed by atoms with Gasteiger partial charge in [0, 0.05) is 76.7 Å². The van der Waals surface area contributed by atoms with Crippen molar-refractivity contribution in [2.24, 2.45) is 34.5 Å². The van der Waals surface area contributed by atoms with Gasteiger partial charge in [-0.3, -0.25) is 4.90 Å². The number of hydrogen-bond donors (Lipinski definition) is 2. The fourth-order valence-electron chi connectivity index (χ4n) is 12.3. The molecule has 7 bridgehead atoms. The Morgan fingerprint density at radius 1 is 1.02 bits per heavy atom. The SMILES string of the molecule is CCN1C[C@]2(COC)CC[C@H](OC)C34C1C([C@H](OC)[C@@H]32)[C@]1(OC)[C@H]2[C@@H](OC(=O)c3ccccc3)[C@@](O)(C[C@@H]24)[C@@H](OC)[C@@H]1O. The molecule has 1 saturated heterocycles. The van der Waals surface area contributed by atoms with Crippen molar-refractivity contribution < 1.29 is 43.4 Å². The molecule has 238 valence electrons. The molecule has 3 unspecified atom stereocenters. The van der Waals surface area contributed by atoms with Crippen LogP contribution in [-0.2, 0) is 28.4 Å². The van der Waals surface area contributed by atoms with Crippen LogP contribution in [0.3, 0.4) is 0 Å². The summed E-state index contributed by atoms with van der Waals surface area (Å²) in [5, 5.41) is 25.1. The first-order chi connectivity index (χ1) is 20.7. The van der Waals surface area contributed by atoms with Crippen LogP contribution in [0, 0.1) is 34.5 Å². The van der Waals surface area contributed by atoms with Gasteiger partial charge in [0.05, 0.1) is 24.4 Å². The highest BCUT2D eigenvalue weighted by Gasteiger charge is 2.90. The van der Waals surface area contributed by atoms with E-state index in [4.69, 9.17) is 28.4 Å². The first-order valence-corrected chi connectivity index (χ1v) is 15.7. The molecule has 1 aromatic rings. The van der Waals surface area contributed by atoms with E-state index in [0.717, 1.165) is 25.9 Å². The highest BCUT2D eigenvalue weighted by Crippen LogP contribution is 2.80. The number of methoxy groups -OCH3 is 5. The zero-order valence-electron chi connectivity index (χ0n) is 26.1. The minimum atomic E-state index is -1.64. The highest BCUT2D eigenvalue weighted by molar-refractivity contribution is 5.89. The van der Waals surface area contributed by atoms with Crippen LogP contribution in [0.4, 0.5) is 0 Å². The number of piperidine rings is 1. The predicted octanol–water partition coefficient (Wildman–Crippen LogP) is 1.76. The molecule has 10 heteroatoms. The maximum atomic E-state index is 13.7. The Labute approximate surface area is 253 Å². The van der Waals surface area contributed by atoms with E-state index in [0.29, 0.717) is 12.2 Å². The van der Waals surface area contributed by atoms with Crippen molar-refractivity contribution in [3.63, 3.8) is 0 Å². The summed E-state index contributed by atoms with van der Waals surface area (Å²) in [6.45, 7) is 4.40. The zero-order chi connectivity index (χ0) is 30.5. The molecule has 14 atom stereocenters.